The molecule has 1 aromatic rings. The Morgan fingerprint density at radius 1 is 1.40 bits per heavy atom. The van der Waals surface area contributed by atoms with Gasteiger partial charge in [-0.3, -0.25) is 4.79 Å². The summed E-state index contributed by atoms with van der Waals surface area (Å²) in [5, 5.41) is 0. The first-order valence-electron chi connectivity index (χ1n) is 4.87. The Morgan fingerprint density at radius 2 is 2.13 bits per heavy atom. The van der Waals surface area contributed by atoms with Crippen molar-refractivity contribution in [2.45, 2.75) is 12.8 Å². The number of hydrogen-bond acceptors (Lipinski definition) is 4. The SMILES string of the molecule is O=C(c1cc(Br)ncn1)C1CCOCC1. The van der Waals surface area contributed by atoms with Gasteiger partial charge in [0.1, 0.15) is 16.6 Å². The van der Waals surface area contributed by atoms with E-state index in [9.17, 15) is 4.79 Å². The highest BCUT2D eigenvalue weighted by Crippen LogP contribution is 2.19. The third-order valence-corrected chi connectivity index (χ3v) is 2.91. The molecule has 5 heteroatoms. The molecule has 0 N–H and O–H groups in total. The molecule has 0 atom stereocenters. The zero-order valence-electron chi connectivity index (χ0n) is 8.15. The number of carbonyl (C=O) groups excluding carboxylic acids is 1. The van der Waals surface area contributed by atoms with Gasteiger partial charge in [0.25, 0.3) is 0 Å². The second kappa shape index (κ2) is 4.81. The topological polar surface area (TPSA) is 52.1 Å². The van der Waals surface area contributed by atoms with Gasteiger partial charge in [-0.25, -0.2) is 9.97 Å². The van der Waals surface area contributed by atoms with Crippen molar-refractivity contribution in [1.29, 1.82) is 0 Å². The van der Waals surface area contributed by atoms with E-state index in [1.165, 1.54) is 6.33 Å². The van der Waals surface area contributed by atoms with Crippen molar-refractivity contribution < 1.29 is 9.53 Å². The van der Waals surface area contributed by atoms with Gasteiger partial charge in [-0.15, -0.1) is 0 Å². The molecule has 0 spiro atoms. The van der Waals surface area contributed by atoms with Crippen LogP contribution in [-0.2, 0) is 4.74 Å². The maximum atomic E-state index is 12.0. The van der Waals surface area contributed by atoms with Crippen LogP contribution in [0.25, 0.3) is 0 Å². The molecule has 4 nitrogen and oxygen atoms in total. The van der Waals surface area contributed by atoms with Gasteiger partial charge in [-0.1, -0.05) is 0 Å². The fourth-order valence-corrected chi connectivity index (χ4v) is 1.95. The minimum absolute atomic E-state index is 0.0561. The number of nitrogens with zero attached hydrogens (tertiary/aromatic N) is 2. The van der Waals surface area contributed by atoms with Gasteiger partial charge < -0.3 is 4.74 Å². The molecule has 1 saturated heterocycles. The summed E-state index contributed by atoms with van der Waals surface area (Å²) in [7, 11) is 0. The first-order valence-corrected chi connectivity index (χ1v) is 5.66. The number of halogens is 1. The zero-order valence-corrected chi connectivity index (χ0v) is 9.74. The standard InChI is InChI=1S/C10H11BrN2O2/c11-9-5-8(12-6-13-9)10(14)7-1-3-15-4-2-7/h5-7H,1-4H2. The minimum Gasteiger partial charge on any atom is -0.381 e. The third kappa shape index (κ3) is 2.60. The number of Topliss-reactive ketones (excluding diaryl/α,β-unsaturated/α-hetero) is 1. The van der Waals surface area contributed by atoms with Gasteiger partial charge in [0.2, 0.25) is 0 Å². The largest absolute Gasteiger partial charge is 0.381 e. The fraction of sp³-hybridized carbons (Fsp3) is 0.500. The number of ether oxygens (including phenoxy) is 1. The molecule has 0 aliphatic carbocycles. The highest BCUT2D eigenvalue weighted by molar-refractivity contribution is 9.10. The van der Waals surface area contributed by atoms with Crippen LogP contribution in [0, 0.1) is 5.92 Å². The Hall–Kier alpha value is -0.810. The lowest BCUT2D eigenvalue weighted by atomic mass is 9.93. The smallest absolute Gasteiger partial charge is 0.184 e. The van der Waals surface area contributed by atoms with E-state index in [1.807, 2.05) is 0 Å². The van der Waals surface area contributed by atoms with E-state index in [4.69, 9.17) is 4.74 Å². The quantitative estimate of drug-likeness (QED) is 0.608. The molecule has 0 saturated carbocycles. The van der Waals surface area contributed by atoms with Gasteiger partial charge in [-0.05, 0) is 28.8 Å². The van der Waals surface area contributed by atoms with Crippen LogP contribution in [-0.4, -0.2) is 29.0 Å². The average Bonchev–Trinajstić information content (AvgIpc) is 2.29. The Morgan fingerprint density at radius 3 is 2.80 bits per heavy atom. The number of carbonyl (C=O) groups is 1. The minimum atomic E-state index is 0.0561. The summed E-state index contributed by atoms with van der Waals surface area (Å²) >= 11 is 3.23. The van der Waals surface area contributed by atoms with Gasteiger partial charge in [-0.2, -0.15) is 0 Å². The van der Waals surface area contributed by atoms with E-state index in [-0.39, 0.29) is 11.7 Å². The van der Waals surface area contributed by atoms with E-state index in [1.54, 1.807) is 6.07 Å². The zero-order chi connectivity index (χ0) is 10.7. The van der Waals surface area contributed by atoms with Crippen LogP contribution >= 0.6 is 15.9 Å². The van der Waals surface area contributed by atoms with Gasteiger partial charge in [0, 0.05) is 25.2 Å². The predicted molar refractivity (Wildman–Crippen MR) is 57.6 cm³/mol. The molecule has 1 fully saturated rings. The summed E-state index contributed by atoms with van der Waals surface area (Å²) < 4.78 is 5.86. The van der Waals surface area contributed by atoms with Crippen LogP contribution < -0.4 is 0 Å². The molecule has 0 bridgehead atoms. The van der Waals surface area contributed by atoms with Crippen molar-refractivity contribution >= 4 is 21.7 Å². The van der Waals surface area contributed by atoms with E-state index >= 15 is 0 Å². The van der Waals surface area contributed by atoms with Crippen molar-refractivity contribution in [3.63, 3.8) is 0 Å². The molecule has 1 aliphatic rings. The van der Waals surface area contributed by atoms with Crippen molar-refractivity contribution in [2.75, 3.05) is 13.2 Å². The first-order chi connectivity index (χ1) is 7.27. The molecule has 0 aromatic carbocycles. The lowest BCUT2D eigenvalue weighted by Crippen LogP contribution is -2.24. The Balaban J connectivity index is 2.12. The summed E-state index contributed by atoms with van der Waals surface area (Å²) in [5.41, 5.74) is 0.490. The highest BCUT2D eigenvalue weighted by atomic mass is 79.9. The molecule has 2 heterocycles. The van der Waals surface area contributed by atoms with E-state index in [2.05, 4.69) is 25.9 Å². The van der Waals surface area contributed by atoms with Gasteiger partial charge >= 0.3 is 0 Å². The van der Waals surface area contributed by atoms with Crippen LogP contribution in [0.2, 0.25) is 0 Å². The molecule has 0 radical (unpaired) electrons. The number of aromatic nitrogens is 2. The number of ketones is 1. The molecule has 1 aliphatic heterocycles. The molecular weight excluding hydrogens is 260 g/mol. The summed E-state index contributed by atoms with van der Waals surface area (Å²) in [5.74, 6) is 0.155. The summed E-state index contributed by atoms with van der Waals surface area (Å²) in [4.78, 5) is 19.9. The van der Waals surface area contributed by atoms with Crippen molar-refractivity contribution in [2.24, 2.45) is 5.92 Å². The lowest BCUT2D eigenvalue weighted by molar-refractivity contribution is 0.0541. The fourth-order valence-electron chi connectivity index (χ4n) is 1.64. The van der Waals surface area contributed by atoms with Crippen molar-refractivity contribution in [1.82, 2.24) is 9.97 Å². The Labute approximate surface area is 96.2 Å². The average molecular weight is 271 g/mol. The van der Waals surface area contributed by atoms with Crippen LogP contribution in [0.4, 0.5) is 0 Å². The van der Waals surface area contributed by atoms with Crippen LogP contribution in [0.15, 0.2) is 17.0 Å². The lowest BCUT2D eigenvalue weighted by Gasteiger charge is -2.20. The van der Waals surface area contributed by atoms with Crippen LogP contribution in [0.1, 0.15) is 23.3 Å². The summed E-state index contributed by atoms with van der Waals surface area (Å²) in [6, 6.07) is 1.66. The maximum Gasteiger partial charge on any atom is 0.184 e. The molecular formula is C10H11BrN2O2. The third-order valence-electron chi connectivity index (χ3n) is 2.48. The second-order valence-corrected chi connectivity index (χ2v) is 4.29. The van der Waals surface area contributed by atoms with Crippen LogP contribution in [0.3, 0.4) is 0 Å². The van der Waals surface area contributed by atoms with Crippen molar-refractivity contribution in [3.05, 3.63) is 22.7 Å². The molecule has 15 heavy (non-hydrogen) atoms. The number of rotatable bonds is 2. The second-order valence-electron chi connectivity index (χ2n) is 3.48. The summed E-state index contributed by atoms with van der Waals surface area (Å²) in [6.45, 7) is 1.34. The first kappa shape index (κ1) is 10.7. The molecule has 0 unspecified atom stereocenters. The number of hydrogen-bond donors (Lipinski definition) is 0. The van der Waals surface area contributed by atoms with E-state index in [0.717, 1.165) is 12.8 Å². The van der Waals surface area contributed by atoms with E-state index in [0.29, 0.717) is 23.5 Å². The molecule has 2 rings (SSSR count). The van der Waals surface area contributed by atoms with Crippen LogP contribution in [0.5, 0.6) is 0 Å². The molecule has 1 aromatic heterocycles. The maximum absolute atomic E-state index is 12.0. The molecule has 80 valence electrons. The summed E-state index contributed by atoms with van der Waals surface area (Å²) in [6.07, 6.45) is 2.98. The monoisotopic (exact) mass is 270 g/mol. The predicted octanol–water partition coefficient (Wildman–Crippen LogP) is 1.85. The van der Waals surface area contributed by atoms with E-state index < -0.39 is 0 Å². The normalized spacial score (nSPS) is 17.7. The van der Waals surface area contributed by atoms with Gasteiger partial charge in [0.15, 0.2) is 5.78 Å². The highest BCUT2D eigenvalue weighted by Gasteiger charge is 2.23. The molecule has 0 amide bonds. The Kier molecular flexibility index (Phi) is 3.43. The van der Waals surface area contributed by atoms with Crippen molar-refractivity contribution in [3.8, 4) is 0 Å². The Bertz CT molecular complexity index is 364. The van der Waals surface area contributed by atoms with Gasteiger partial charge in [0.05, 0.1) is 0 Å².